The largest absolute Gasteiger partial charge is 0.493 e. The quantitative estimate of drug-likeness (QED) is 0.796. The normalized spacial score (nSPS) is 10.9. The Morgan fingerprint density at radius 2 is 2.00 bits per heavy atom. The second kappa shape index (κ2) is 4.67. The molecular weight excluding hydrogens is 254 g/mol. The number of ether oxygens (including phenoxy) is 2. The lowest BCUT2D eigenvalue weighted by Crippen LogP contribution is -2.03. The van der Waals surface area contributed by atoms with Crippen LogP contribution in [0.2, 0.25) is 5.15 Å². The van der Waals surface area contributed by atoms with Crippen molar-refractivity contribution in [2.75, 3.05) is 7.11 Å². The average molecular weight is 261 g/mol. The Kier molecular flexibility index (Phi) is 3.23. The van der Waals surface area contributed by atoms with Crippen LogP contribution < -0.4 is 9.47 Å². The molecule has 1 heterocycles. The van der Waals surface area contributed by atoms with Gasteiger partial charge in [0.25, 0.3) is 0 Å². The molecular formula is C10H7ClF2N2O2. The number of halogens is 3. The third-order valence-corrected chi connectivity index (χ3v) is 2.39. The number of methoxy groups -OCH3 is 1. The maximum Gasteiger partial charge on any atom is 0.387 e. The summed E-state index contributed by atoms with van der Waals surface area (Å²) in [4.78, 5) is 7.69. The Bertz CT molecular complexity index is 551. The molecule has 0 unspecified atom stereocenters. The van der Waals surface area contributed by atoms with Gasteiger partial charge in [-0.1, -0.05) is 11.6 Å². The van der Waals surface area contributed by atoms with E-state index in [0.717, 1.165) is 0 Å². The molecule has 0 atom stereocenters. The fourth-order valence-corrected chi connectivity index (χ4v) is 1.58. The molecule has 0 N–H and O–H groups in total. The predicted octanol–water partition coefficient (Wildman–Crippen LogP) is 2.89. The summed E-state index contributed by atoms with van der Waals surface area (Å²) in [6.45, 7) is -2.93. The molecule has 1 aromatic carbocycles. The minimum Gasteiger partial charge on any atom is -0.493 e. The molecule has 0 fully saturated rings. The molecule has 1 aromatic heterocycles. The molecule has 2 rings (SSSR count). The maximum absolute atomic E-state index is 12.2. The van der Waals surface area contributed by atoms with Gasteiger partial charge in [-0.05, 0) is 6.07 Å². The molecule has 90 valence electrons. The minimum atomic E-state index is -2.93. The van der Waals surface area contributed by atoms with Gasteiger partial charge in [0.2, 0.25) is 0 Å². The highest BCUT2D eigenvalue weighted by Crippen LogP contribution is 2.34. The van der Waals surface area contributed by atoms with Crippen LogP contribution in [0.25, 0.3) is 10.9 Å². The number of aromatic nitrogens is 2. The van der Waals surface area contributed by atoms with Crippen molar-refractivity contribution >= 4 is 22.5 Å². The topological polar surface area (TPSA) is 44.2 Å². The molecule has 0 aliphatic carbocycles. The molecule has 0 bridgehead atoms. The number of hydrogen-bond donors (Lipinski definition) is 0. The molecule has 0 amide bonds. The number of fused-ring (bicyclic) bond motifs is 1. The van der Waals surface area contributed by atoms with Crippen molar-refractivity contribution in [3.63, 3.8) is 0 Å². The predicted molar refractivity (Wildman–Crippen MR) is 57.7 cm³/mol. The minimum absolute atomic E-state index is 0.0928. The summed E-state index contributed by atoms with van der Waals surface area (Å²) in [5, 5.41) is 0.726. The summed E-state index contributed by atoms with van der Waals surface area (Å²) in [7, 11) is 1.34. The first-order valence-electron chi connectivity index (χ1n) is 4.55. The zero-order chi connectivity index (χ0) is 12.4. The van der Waals surface area contributed by atoms with E-state index < -0.39 is 6.61 Å². The summed E-state index contributed by atoms with van der Waals surface area (Å²) in [5.74, 6) is 0.0549. The number of alkyl halides is 2. The van der Waals surface area contributed by atoms with E-state index in [2.05, 4.69) is 14.7 Å². The SMILES string of the molecule is COc1cc2c(Cl)ncnc2cc1OC(F)F. The first-order valence-corrected chi connectivity index (χ1v) is 4.92. The van der Waals surface area contributed by atoms with Crippen molar-refractivity contribution < 1.29 is 18.3 Å². The van der Waals surface area contributed by atoms with Gasteiger partial charge in [0.05, 0.1) is 12.6 Å². The Morgan fingerprint density at radius 1 is 1.24 bits per heavy atom. The smallest absolute Gasteiger partial charge is 0.387 e. The van der Waals surface area contributed by atoms with Crippen LogP contribution >= 0.6 is 11.6 Å². The summed E-state index contributed by atoms with van der Waals surface area (Å²) >= 11 is 5.85. The number of nitrogens with zero attached hydrogens (tertiary/aromatic N) is 2. The van der Waals surface area contributed by atoms with Gasteiger partial charge in [-0.25, -0.2) is 9.97 Å². The second-order valence-electron chi connectivity index (χ2n) is 3.06. The van der Waals surface area contributed by atoms with Crippen molar-refractivity contribution in [2.45, 2.75) is 6.61 Å². The maximum atomic E-state index is 12.2. The van der Waals surface area contributed by atoms with Crippen LogP contribution in [0.3, 0.4) is 0 Å². The van der Waals surface area contributed by atoms with Crippen molar-refractivity contribution in [2.24, 2.45) is 0 Å². The average Bonchev–Trinajstić information content (AvgIpc) is 2.28. The highest BCUT2D eigenvalue weighted by Gasteiger charge is 2.13. The molecule has 0 saturated carbocycles. The first-order chi connectivity index (χ1) is 8.11. The Labute approximate surface area is 100 Å². The van der Waals surface area contributed by atoms with Crippen LogP contribution in [0.15, 0.2) is 18.5 Å². The fraction of sp³-hybridized carbons (Fsp3) is 0.200. The molecule has 7 heteroatoms. The molecule has 17 heavy (non-hydrogen) atoms. The molecule has 0 radical (unpaired) electrons. The summed E-state index contributed by atoms with van der Waals surface area (Å²) < 4.78 is 33.6. The van der Waals surface area contributed by atoms with Crippen LogP contribution in [0.4, 0.5) is 8.78 Å². The lowest BCUT2D eigenvalue weighted by Gasteiger charge is -2.10. The van der Waals surface area contributed by atoms with Gasteiger partial charge in [0, 0.05) is 11.5 Å². The van der Waals surface area contributed by atoms with Crippen LogP contribution in [-0.2, 0) is 0 Å². The molecule has 0 aliphatic heterocycles. The van der Waals surface area contributed by atoms with Gasteiger partial charge < -0.3 is 9.47 Å². The van der Waals surface area contributed by atoms with Crippen molar-refractivity contribution in [1.82, 2.24) is 9.97 Å². The lowest BCUT2D eigenvalue weighted by atomic mass is 10.2. The zero-order valence-corrected chi connectivity index (χ0v) is 9.41. The van der Waals surface area contributed by atoms with Crippen LogP contribution in [0.5, 0.6) is 11.5 Å². The van der Waals surface area contributed by atoms with Gasteiger partial charge in [-0.3, -0.25) is 0 Å². The molecule has 0 spiro atoms. The van der Waals surface area contributed by atoms with E-state index in [9.17, 15) is 8.78 Å². The standard InChI is InChI=1S/C10H7ClF2N2O2/c1-16-7-2-5-6(14-4-15-9(5)11)3-8(7)17-10(12)13/h2-4,10H,1H3. The summed E-state index contributed by atoms with van der Waals surface area (Å²) in [5.41, 5.74) is 0.404. The number of benzene rings is 1. The van der Waals surface area contributed by atoms with E-state index in [4.69, 9.17) is 16.3 Å². The fourth-order valence-electron chi connectivity index (χ4n) is 1.38. The Hall–Kier alpha value is -1.69. The Morgan fingerprint density at radius 3 is 2.65 bits per heavy atom. The van der Waals surface area contributed by atoms with Gasteiger partial charge in [0.1, 0.15) is 11.5 Å². The third-order valence-electron chi connectivity index (χ3n) is 2.09. The van der Waals surface area contributed by atoms with Gasteiger partial charge in [0.15, 0.2) is 11.5 Å². The van der Waals surface area contributed by atoms with Gasteiger partial charge in [-0.2, -0.15) is 8.78 Å². The third kappa shape index (κ3) is 2.36. The summed E-state index contributed by atoms with van der Waals surface area (Å²) in [6, 6.07) is 2.78. The summed E-state index contributed by atoms with van der Waals surface area (Å²) in [6.07, 6.45) is 1.24. The van der Waals surface area contributed by atoms with Gasteiger partial charge >= 0.3 is 6.61 Å². The monoisotopic (exact) mass is 260 g/mol. The van der Waals surface area contributed by atoms with Crippen molar-refractivity contribution in [3.8, 4) is 11.5 Å². The molecule has 2 aromatic rings. The Balaban J connectivity index is 2.60. The van der Waals surface area contributed by atoms with E-state index in [1.807, 2.05) is 0 Å². The van der Waals surface area contributed by atoms with E-state index >= 15 is 0 Å². The molecule has 0 saturated heterocycles. The molecule has 0 aliphatic rings. The second-order valence-corrected chi connectivity index (χ2v) is 3.42. The zero-order valence-electron chi connectivity index (χ0n) is 8.65. The highest BCUT2D eigenvalue weighted by atomic mass is 35.5. The van der Waals surface area contributed by atoms with E-state index in [1.54, 1.807) is 0 Å². The number of hydrogen-bond acceptors (Lipinski definition) is 4. The van der Waals surface area contributed by atoms with Gasteiger partial charge in [-0.15, -0.1) is 0 Å². The van der Waals surface area contributed by atoms with E-state index in [0.29, 0.717) is 10.9 Å². The van der Waals surface area contributed by atoms with E-state index in [-0.39, 0.29) is 16.7 Å². The van der Waals surface area contributed by atoms with E-state index in [1.165, 1.54) is 25.6 Å². The highest BCUT2D eigenvalue weighted by molar-refractivity contribution is 6.34. The molecule has 4 nitrogen and oxygen atoms in total. The van der Waals surface area contributed by atoms with Crippen molar-refractivity contribution in [3.05, 3.63) is 23.6 Å². The lowest BCUT2D eigenvalue weighted by molar-refractivity contribution is -0.0511. The van der Waals surface area contributed by atoms with Crippen LogP contribution in [0, 0.1) is 0 Å². The van der Waals surface area contributed by atoms with Crippen LogP contribution in [0.1, 0.15) is 0 Å². The number of rotatable bonds is 3. The van der Waals surface area contributed by atoms with Crippen molar-refractivity contribution in [1.29, 1.82) is 0 Å². The van der Waals surface area contributed by atoms with Crippen LogP contribution in [-0.4, -0.2) is 23.7 Å². The first kappa shape index (κ1) is 11.8.